The maximum absolute atomic E-state index is 13.7. The van der Waals surface area contributed by atoms with Gasteiger partial charge >= 0.3 is 0 Å². The number of halogens is 2. The molecule has 0 heterocycles. The Balaban J connectivity index is 2.13. The van der Waals surface area contributed by atoms with Crippen LogP contribution in [0.3, 0.4) is 0 Å². The van der Waals surface area contributed by atoms with Gasteiger partial charge in [-0.3, -0.25) is 9.69 Å². The van der Waals surface area contributed by atoms with E-state index in [0.29, 0.717) is 19.2 Å². The van der Waals surface area contributed by atoms with E-state index in [9.17, 15) is 13.6 Å². The Labute approximate surface area is 117 Å². The van der Waals surface area contributed by atoms with E-state index in [1.807, 2.05) is 4.90 Å². The average Bonchev–Trinajstić information content (AvgIpc) is 3.23. The van der Waals surface area contributed by atoms with Crippen molar-refractivity contribution in [1.29, 1.82) is 0 Å². The van der Waals surface area contributed by atoms with Crippen molar-refractivity contribution in [3.63, 3.8) is 0 Å². The summed E-state index contributed by atoms with van der Waals surface area (Å²) in [6.07, 6.45) is 2.10. The van der Waals surface area contributed by atoms with Gasteiger partial charge in [0, 0.05) is 25.8 Å². The molecule has 3 nitrogen and oxygen atoms in total. The number of Topliss-reactive ketones (excluding diaryl/α,β-unsaturated/α-hetero) is 1. The molecular weight excluding hydrogens is 264 g/mol. The summed E-state index contributed by atoms with van der Waals surface area (Å²) < 4.78 is 31.6. The second-order valence-electron chi connectivity index (χ2n) is 5.13. The molecule has 2 rings (SSSR count). The second-order valence-corrected chi connectivity index (χ2v) is 5.13. The third kappa shape index (κ3) is 3.41. The first kappa shape index (κ1) is 15.1. The third-order valence-electron chi connectivity index (χ3n) is 3.64. The Hall–Kier alpha value is -1.33. The lowest BCUT2D eigenvalue weighted by atomic mass is 10.0. The minimum atomic E-state index is -0.802. The molecule has 0 aliphatic heterocycles. The van der Waals surface area contributed by atoms with Crippen LogP contribution >= 0.6 is 0 Å². The lowest BCUT2D eigenvalue weighted by molar-refractivity contribution is 0.0754. The molecule has 0 radical (unpaired) electrons. The van der Waals surface area contributed by atoms with Crippen LogP contribution in [0.2, 0.25) is 0 Å². The minimum absolute atomic E-state index is 0.0537. The van der Waals surface area contributed by atoms with Crippen molar-refractivity contribution in [2.45, 2.75) is 31.8 Å². The Morgan fingerprint density at radius 3 is 2.70 bits per heavy atom. The van der Waals surface area contributed by atoms with Gasteiger partial charge in [-0.05, 0) is 31.9 Å². The molecule has 0 aromatic heterocycles. The van der Waals surface area contributed by atoms with Crippen molar-refractivity contribution >= 4 is 5.78 Å². The highest BCUT2D eigenvalue weighted by Crippen LogP contribution is 2.29. The number of benzene rings is 1. The Kier molecular flexibility index (Phi) is 4.83. The lowest BCUT2D eigenvalue weighted by Crippen LogP contribution is -2.42. The summed E-state index contributed by atoms with van der Waals surface area (Å²) in [5.41, 5.74) is -0.0537. The van der Waals surface area contributed by atoms with Crippen molar-refractivity contribution in [2.75, 3.05) is 20.3 Å². The van der Waals surface area contributed by atoms with E-state index in [2.05, 4.69) is 0 Å². The maximum Gasteiger partial charge on any atom is 0.182 e. The summed E-state index contributed by atoms with van der Waals surface area (Å²) in [7, 11) is 1.61. The molecule has 1 aliphatic carbocycles. The number of rotatable bonds is 7. The molecule has 0 saturated heterocycles. The van der Waals surface area contributed by atoms with Crippen LogP contribution < -0.4 is 0 Å². The first-order chi connectivity index (χ1) is 9.54. The van der Waals surface area contributed by atoms with E-state index >= 15 is 0 Å². The van der Waals surface area contributed by atoms with Crippen LogP contribution in [-0.4, -0.2) is 43.0 Å². The molecule has 0 amide bonds. The molecule has 1 aliphatic rings. The first-order valence-electron chi connectivity index (χ1n) is 6.78. The van der Waals surface area contributed by atoms with Crippen LogP contribution in [0.1, 0.15) is 30.1 Å². The molecule has 1 fully saturated rings. The fourth-order valence-electron chi connectivity index (χ4n) is 2.36. The molecule has 0 N–H and O–H groups in total. The van der Waals surface area contributed by atoms with Crippen LogP contribution in [0.4, 0.5) is 8.78 Å². The van der Waals surface area contributed by atoms with Crippen molar-refractivity contribution < 1.29 is 18.3 Å². The van der Waals surface area contributed by atoms with Crippen molar-refractivity contribution in [3.8, 4) is 0 Å². The van der Waals surface area contributed by atoms with Crippen LogP contribution in [0, 0.1) is 11.6 Å². The van der Waals surface area contributed by atoms with E-state index in [4.69, 9.17) is 4.74 Å². The third-order valence-corrected chi connectivity index (χ3v) is 3.64. The van der Waals surface area contributed by atoms with Crippen LogP contribution in [0.5, 0.6) is 0 Å². The van der Waals surface area contributed by atoms with E-state index in [-0.39, 0.29) is 11.3 Å². The smallest absolute Gasteiger partial charge is 0.182 e. The SMILES string of the molecule is COCCN(C1CC1)C(C)C(=O)c1ccc(F)cc1F. The molecule has 1 saturated carbocycles. The highest BCUT2D eigenvalue weighted by Gasteiger charge is 2.35. The maximum atomic E-state index is 13.7. The number of ketones is 1. The predicted molar refractivity (Wildman–Crippen MR) is 71.8 cm³/mol. The summed E-state index contributed by atoms with van der Waals surface area (Å²) in [6, 6.07) is 3.01. The van der Waals surface area contributed by atoms with Crippen LogP contribution in [-0.2, 0) is 4.74 Å². The van der Waals surface area contributed by atoms with Gasteiger partial charge in [0.2, 0.25) is 0 Å². The number of nitrogens with zero attached hydrogens (tertiary/aromatic N) is 1. The second kappa shape index (κ2) is 6.41. The number of methoxy groups -OCH3 is 1. The molecule has 20 heavy (non-hydrogen) atoms. The van der Waals surface area contributed by atoms with Crippen LogP contribution in [0.25, 0.3) is 0 Å². The van der Waals surface area contributed by atoms with Gasteiger partial charge < -0.3 is 4.74 Å². The quantitative estimate of drug-likeness (QED) is 0.721. The van der Waals surface area contributed by atoms with Crippen molar-refractivity contribution in [1.82, 2.24) is 4.90 Å². The summed E-state index contributed by atoms with van der Waals surface area (Å²) in [6.45, 7) is 2.93. The standard InChI is InChI=1S/C15H19F2NO2/c1-10(18(7-8-20-2)12-4-5-12)15(19)13-6-3-11(16)9-14(13)17/h3,6,9-10,12H,4-5,7-8H2,1-2H3. The zero-order valence-electron chi connectivity index (χ0n) is 11.7. The molecular formula is C15H19F2NO2. The number of hydrogen-bond acceptors (Lipinski definition) is 3. The average molecular weight is 283 g/mol. The molecule has 0 bridgehead atoms. The number of hydrogen-bond donors (Lipinski definition) is 0. The molecule has 1 aromatic carbocycles. The fourth-order valence-corrected chi connectivity index (χ4v) is 2.36. The Morgan fingerprint density at radius 2 is 2.15 bits per heavy atom. The van der Waals surface area contributed by atoms with Crippen molar-refractivity contribution in [2.24, 2.45) is 0 Å². The predicted octanol–water partition coefficient (Wildman–Crippen LogP) is 2.65. The molecule has 5 heteroatoms. The van der Waals surface area contributed by atoms with E-state index < -0.39 is 17.7 Å². The Bertz CT molecular complexity index is 489. The number of carbonyl (C=O) groups excluding carboxylic acids is 1. The van der Waals surface area contributed by atoms with Gasteiger partial charge in [0.05, 0.1) is 18.2 Å². The van der Waals surface area contributed by atoms with Crippen molar-refractivity contribution in [3.05, 3.63) is 35.4 Å². The number of ether oxygens (including phenoxy) is 1. The summed E-state index contributed by atoms with van der Waals surface area (Å²) in [5, 5.41) is 0. The first-order valence-corrected chi connectivity index (χ1v) is 6.78. The van der Waals surface area contributed by atoms with Gasteiger partial charge in [0.25, 0.3) is 0 Å². The highest BCUT2D eigenvalue weighted by atomic mass is 19.1. The molecule has 1 aromatic rings. The van der Waals surface area contributed by atoms with E-state index in [1.54, 1.807) is 14.0 Å². The minimum Gasteiger partial charge on any atom is -0.383 e. The summed E-state index contributed by atoms with van der Waals surface area (Å²) in [5.74, 6) is -1.79. The summed E-state index contributed by atoms with van der Waals surface area (Å²) >= 11 is 0. The molecule has 110 valence electrons. The fraction of sp³-hybridized carbons (Fsp3) is 0.533. The molecule has 1 atom stereocenters. The highest BCUT2D eigenvalue weighted by molar-refractivity contribution is 6.00. The van der Waals surface area contributed by atoms with Gasteiger partial charge in [-0.1, -0.05) is 0 Å². The monoisotopic (exact) mass is 283 g/mol. The van der Waals surface area contributed by atoms with E-state index in [0.717, 1.165) is 25.0 Å². The largest absolute Gasteiger partial charge is 0.383 e. The Morgan fingerprint density at radius 1 is 1.45 bits per heavy atom. The number of carbonyl (C=O) groups is 1. The topological polar surface area (TPSA) is 29.5 Å². The van der Waals surface area contributed by atoms with Gasteiger partial charge in [-0.15, -0.1) is 0 Å². The normalized spacial score (nSPS) is 16.4. The van der Waals surface area contributed by atoms with Gasteiger partial charge in [0.1, 0.15) is 11.6 Å². The van der Waals surface area contributed by atoms with Gasteiger partial charge in [-0.2, -0.15) is 0 Å². The molecule has 1 unspecified atom stereocenters. The summed E-state index contributed by atoms with van der Waals surface area (Å²) in [4.78, 5) is 14.4. The van der Waals surface area contributed by atoms with Crippen LogP contribution in [0.15, 0.2) is 18.2 Å². The van der Waals surface area contributed by atoms with Gasteiger partial charge in [-0.25, -0.2) is 8.78 Å². The molecule has 0 spiro atoms. The zero-order chi connectivity index (χ0) is 14.7. The lowest BCUT2D eigenvalue weighted by Gasteiger charge is -2.27. The van der Waals surface area contributed by atoms with Gasteiger partial charge in [0.15, 0.2) is 5.78 Å². The zero-order valence-corrected chi connectivity index (χ0v) is 11.7. The van der Waals surface area contributed by atoms with E-state index in [1.165, 1.54) is 6.07 Å².